The van der Waals surface area contributed by atoms with Crippen LogP contribution in [0.3, 0.4) is 0 Å². The van der Waals surface area contributed by atoms with Crippen molar-refractivity contribution in [3.8, 4) is 0 Å². The van der Waals surface area contributed by atoms with Crippen LogP contribution in [0.4, 0.5) is 0 Å². The van der Waals surface area contributed by atoms with Gasteiger partial charge in [-0.05, 0) is 32.0 Å². The van der Waals surface area contributed by atoms with Crippen LogP contribution in [0.15, 0.2) is 23.1 Å². The van der Waals surface area contributed by atoms with Crippen LogP contribution >= 0.6 is 0 Å². The summed E-state index contributed by atoms with van der Waals surface area (Å²) in [7, 11) is 1.14. The fraction of sp³-hybridized carbons (Fsp3) is 0.471. The van der Waals surface area contributed by atoms with Crippen molar-refractivity contribution in [1.82, 2.24) is 19.2 Å². The largest absolute Gasteiger partial charge is 0.480 e. The molecule has 2 aromatic rings. The molecule has 1 aromatic carbocycles. The maximum atomic E-state index is 12.3. The number of carboxylic acids is 1. The Morgan fingerprint density at radius 3 is 2.48 bits per heavy atom. The maximum absolute atomic E-state index is 12.3. The number of amides is 1. The Morgan fingerprint density at radius 1 is 1.30 bits per heavy atom. The van der Waals surface area contributed by atoms with Gasteiger partial charge in [-0.25, -0.2) is 22.5 Å². The topological polar surface area (TPSA) is 122 Å². The van der Waals surface area contributed by atoms with Gasteiger partial charge in [-0.1, -0.05) is 0 Å². The van der Waals surface area contributed by atoms with E-state index in [9.17, 15) is 18.0 Å². The van der Waals surface area contributed by atoms with Crippen molar-refractivity contribution in [2.75, 3.05) is 14.1 Å². The molecule has 0 aliphatic carbocycles. The maximum Gasteiger partial charge on any atom is 0.328 e. The van der Waals surface area contributed by atoms with Gasteiger partial charge in [-0.15, -0.1) is 0 Å². The third-order valence-electron chi connectivity index (χ3n) is 4.29. The van der Waals surface area contributed by atoms with Crippen molar-refractivity contribution in [3.05, 3.63) is 24.0 Å². The predicted molar refractivity (Wildman–Crippen MR) is 99.8 cm³/mol. The van der Waals surface area contributed by atoms with Crippen LogP contribution in [0.5, 0.6) is 0 Å². The highest BCUT2D eigenvalue weighted by molar-refractivity contribution is 7.89. The number of nitrogens with zero attached hydrogens (tertiary/aromatic N) is 3. The summed E-state index contributed by atoms with van der Waals surface area (Å²) in [6.45, 7) is 2.82. The van der Waals surface area contributed by atoms with Crippen LogP contribution in [0, 0.1) is 0 Å². The number of carbonyl (C=O) groups is 2. The molecule has 0 aliphatic heterocycles. The molecule has 0 bridgehead atoms. The minimum Gasteiger partial charge on any atom is -0.480 e. The molecular formula is C17H24N4O5S. The van der Waals surface area contributed by atoms with Crippen LogP contribution in [-0.4, -0.2) is 58.9 Å². The number of rotatable bonds is 7. The number of carboxylic acid groups (broad SMARTS) is 1. The fourth-order valence-electron chi connectivity index (χ4n) is 2.51. The molecule has 2 N–H and O–H groups in total. The van der Waals surface area contributed by atoms with Crippen molar-refractivity contribution < 1.29 is 23.1 Å². The normalized spacial score (nSPS) is 12.5. The molecule has 2 rings (SSSR count). The van der Waals surface area contributed by atoms with E-state index in [1.165, 1.54) is 40.1 Å². The summed E-state index contributed by atoms with van der Waals surface area (Å²) in [5.41, 5.74) is -0.0885. The third kappa shape index (κ3) is 4.28. The number of aromatic nitrogens is 2. The lowest BCUT2D eigenvalue weighted by Gasteiger charge is -2.20. The van der Waals surface area contributed by atoms with Gasteiger partial charge in [0.2, 0.25) is 15.9 Å². The standard InChI is InChI=1S/C17H24N4O5S/c1-17(2,16(23)24)19-15(22)9-8-14-18-12-10-11(27(25,26)20(3)4)6-7-13(12)21(14)5/h6-7,10H,8-9H2,1-5H3,(H,19,22)(H,23,24). The molecule has 0 unspecified atom stereocenters. The zero-order valence-corrected chi connectivity index (χ0v) is 16.8. The van der Waals surface area contributed by atoms with Crippen molar-refractivity contribution in [1.29, 1.82) is 0 Å². The van der Waals surface area contributed by atoms with Crippen molar-refractivity contribution in [3.63, 3.8) is 0 Å². The highest BCUT2D eigenvalue weighted by Gasteiger charge is 2.28. The van der Waals surface area contributed by atoms with E-state index in [4.69, 9.17) is 5.11 Å². The number of aryl methyl sites for hydroxylation is 2. The minimum atomic E-state index is -3.56. The summed E-state index contributed by atoms with van der Waals surface area (Å²) >= 11 is 0. The lowest BCUT2D eigenvalue weighted by molar-refractivity contribution is -0.146. The molecule has 1 aromatic heterocycles. The van der Waals surface area contributed by atoms with Gasteiger partial charge < -0.3 is 15.0 Å². The van der Waals surface area contributed by atoms with E-state index in [0.29, 0.717) is 17.8 Å². The lowest BCUT2D eigenvalue weighted by Crippen LogP contribution is -2.49. The molecule has 1 heterocycles. The number of imidazole rings is 1. The molecule has 0 atom stereocenters. The Kier molecular flexibility index (Phi) is 5.62. The van der Waals surface area contributed by atoms with E-state index in [-0.39, 0.29) is 11.3 Å². The zero-order valence-electron chi connectivity index (χ0n) is 16.0. The second-order valence-electron chi connectivity index (χ2n) is 7.00. The summed E-state index contributed by atoms with van der Waals surface area (Å²) in [6, 6.07) is 4.70. The van der Waals surface area contributed by atoms with Gasteiger partial charge in [0.05, 0.1) is 15.9 Å². The van der Waals surface area contributed by atoms with E-state index in [0.717, 1.165) is 9.82 Å². The summed E-state index contributed by atoms with van der Waals surface area (Å²) in [4.78, 5) is 27.7. The Hall–Kier alpha value is -2.46. The summed E-state index contributed by atoms with van der Waals surface area (Å²) < 4.78 is 27.4. The first kappa shape index (κ1) is 20.8. The van der Waals surface area contributed by atoms with Gasteiger partial charge in [0.15, 0.2) is 0 Å². The van der Waals surface area contributed by atoms with Gasteiger partial charge in [-0.2, -0.15) is 0 Å². The van der Waals surface area contributed by atoms with E-state index in [2.05, 4.69) is 10.3 Å². The van der Waals surface area contributed by atoms with Crippen molar-refractivity contribution in [2.45, 2.75) is 37.1 Å². The number of fused-ring (bicyclic) bond motifs is 1. The zero-order chi connectivity index (χ0) is 20.6. The van der Waals surface area contributed by atoms with Crippen molar-refractivity contribution in [2.24, 2.45) is 7.05 Å². The summed E-state index contributed by atoms with van der Waals surface area (Å²) in [5.74, 6) is -0.911. The fourth-order valence-corrected chi connectivity index (χ4v) is 3.44. The van der Waals surface area contributed by atoms with Gasteiger partial charge in [0.1, 0.15) is 11.4 Å². The second-order valence-corrected chi connectivity index (χ2v) is 9.16. The van der Waals surface area contributed by atoms with Crippen LogP contribution in [-0.2, 0) is 33.1 Å². The molecule has 0 aliphatic rings. The first-order valence-corrected chi connectivity index (χ1v) is 9.72. The monoisotopic (exact) mass is 396 g/mol. The SMILES string of the molecule is CN(C)S(=O)(=O)c1ccc2c(c1)nc(CCC(=O)NC(C)(C)C(=O)O)n2C. The molecule has 10 heteroatoms. The number of nitrogens with one attached hydrogen (secondary N) is 1. The third-order valence-corrected chi connectivity index (χ3v) is 6.10. The highest BCUT2D eigenvalue weighted by Crippen LogP contribution is 2.22. The van der Waals surface area contributed by atoms with Crippen LogP contribution in [0.2, 0.25) is 0 Å². The predicted octanol–water partition coefficient (Wildman–Crippen LogP) is 0.736. The van der Waals surface area contributed by atoms with Crippen LogP contribution in [0.25, 0.3) is 11.0 Å². The quantitative estimate of drug-likeness (QED) is 0.712. The smallest absolute Gasteiger partial charge is 0.328 e. The van der Waals surface area contributed by atoms with E-state index in [1.807, 2.05) is 0 Å². The first-order chi connectivity index (χ1) is 12.4. The number of hydrogen-bond acceptors (Lipinski definition) is 5. The Balaban J connectivity index is 2.22. The molecule has 148 valence electrons. The Labute approximate surface area is 158 Å². The molecule has 27 heavy (non-hydrogen) atoms. The van der Waals surface area contributed by atoms with E-state index in [1.54, 1.807) is 17.7 Å². The summed E-state index contributed by atoms with van der Waals surface area (Å²) in [6.07, 6.45) is 0.360. The van der Waals surface area contributed by atoms with E-state index >= 15 is 0 Å². The van der Waals surface area contributed by atoms with Gasteiger partial charge in [0, 0.05) is 34.0 Å². The lowest BCUT2D eigenvalue weighted by atomic mass is 10.1. The van der Waals surface area contributed by atoms with Gasteiger partial charge in [-0.3, -0.25) is 4.79 Å². The average Bonchev–Trinajstić information content (AvgIpc) is 2.88. The molecule has 0 radical (unpaired) electrons. The Morgan fingerprint density at radius 2 is 1.93 bits per heavy atom. The molecule has 0 saturated carbocycles. The van der Waals surface area contributed by atoms with Gasteiger partial charge in [0.25, 0.3) is 0 Å². The number of sulfonamides is 1. The van der Waals surface area contributed by atoms with Crippen LogP contribution < -0.4 is 5.32 Å². The van der Waals surface area contributed by atoms with Crippen LogP contribution in [0.1, 0.15) is 26.1 Å². The molecular weight excluding hydrogens is 372 g/mol. The Bertz CT molecular complexity index is 992. The van der Waals surface area contributed by atoms with Gasteiger partial charge >= 0.3 is 5.97 Å². The number of carbonyl (C=O) groups excluding carboxylic acids is 1. The van der Waals surface area contributed by atoms with Crippen molar-refractivity contribution >= 4 is 32.9 Å². The minimum absolute atomic E-state index is 0.0662. The van der Waals surface area contributed by atoms with E-state index < -0.39 is 27.4 Å². The highest BCUT2D eigenvalue weighted by atomic mass is 32.2. The molecule has 9 nitrogen and oxygen atoms in total. The average molecular weight is 396 g/mol. The molecule has 0 saturated heterocycles. The number of benzene rings is 1. The second kappa shape index (κ2) is 7.28. The number of hydrogen-bond donors (Lipinski definition) is 2. The first-order valence-electron chi connectivity index (χ1n) is 8.28. The summed E-state index contributed by atoms with van der Waals surface area (Å²) in [5, 5.41) is 11.5. The molecule has 1 amide bonds. The molecule has 0 fully saturated rings. The number of aliphatic carboxylic acids is 1. The molecule has 0 spiro atoms.